The molecule has 71 heavy (non-hydrogen) atoms. The molecule has 0 atom stereocenters. The normalized spacial score (nSPS) is 12.5. The fraction of sp³-hybridized carbons (Fsp3) is 0.152. The molecule has 5 nitrogen and oxygen atoms in total. The summed E-state index contributed by atoms with van der Waals surface area (Å²) in [5.74, 6) is 0. The molecule has 0 saturated heterocycles. The fourth-order valence-electron chi connectivity index (χ4n) is 11.3. The predicted octanol–water partition coefficient (Wildman–Crippen LogP) is 19.8. The SMILES string of the molecule is Cc1cccc(N(c2cc3c(oc4cc(N(c5cccc(C)c5)c5cccc6c5oc5c(C(C)(C)C)cccc56)c5ccccc5c43)c3ccccc23)c2cccc3c2oc2c(C(C)(C)C)cccc23)c1. The lowest BCUT2D eigenvalue weighted by molar-refractivity contribution is 0.572. The van der Waals surface area contributed by atoms with Crippen molar-refractivity contribution in [3.8, 4) is 0 Å². The molecule has 0 spiro atoms. The van der Waals surface area contributed by atoms with Crippen molar-refractivity contribution in [3.05, 3.63) is 204 Å². The quantitative estimate of drug-likeness (QED) is 0.166. The summed E-state index contributed by atoms with van der Waals surface area (Å²) in [4.78, 5) is 4.76. The number of para-hydroxylation sites is 4. The molecular formula is C66H54N2O3. The summed E-state index contributed by atoms with van der Waals surface area (Å²) in [6, 6.07) is 65.7. The Labute approximate surface area is 413 Å². The van der Waals surface area contributed by atoms with Crippen molar-refractivity contribution in [1.29, 1.82) is 0 Å². The van der Waals surface area contributed by atoms with Gasteiger partial charge in [0.25, 0.3) is 0 Å². The van der Waals surface area contributed by atoms with Crippen molar-refractivity contribution in [1.82, 2.24) is 0 Å². The first-order valence-corrected chi connectivity index (χ1v) is 24.7. The molecule has 0 aliphatic carbocycles. The Morgan fingerprint density at radius 2 is 0.704 bits per heavy atom. The van der Waals surface area contributed by atoms with Gasteiger partial charge in [0.1, 0.15) is 22.3 Å². The minimum absolute atomic E-state index is 0.107. The monoisotopic (exact) mass is 922 g/mol. The van der Waals surface area contributed by atoms with Crippen LogP contribution in [0.15, 0.2) is 195 Å². The second kappa shape index (κ2) is 15.6. The van der Waals surface area contributed by atoms with Crippen molar-refractivity contribution < 1.29 is 13.3 Å². The van der Waals surface area contributed by atoms with Crippen molar-refractivity contribution in [2.45, 2.75) is 66.2 Å². The third-order valence-corrected chi connectivity index (χ3v) is 14.5. The van der Waals surface area contributed by atoms with Crippen LogP contribution in [-0.4, -0.2) is 0 Å². The molecule has 0 aliphatic heterocycles. The second-order valence-corrected chi connectivity index (χ2v) is 21.5. The van der Waals surface area contributed by atoms with Gasteiger partial charge in [0.15, 0.2) is 11.2 Å². The van der Waals surface area contributed by atoms with E-state index in [0.717, 1.165) is 121 Å². The summed E-state index contributed by atoms with van der Waals surface area (Å²) in [6.07, 6.45) is 0. The molecule has 0 amide bonds. The summed E-state index contributed by atoms with van der Waals surface area (Å²) < 4.78 is 21.5. The van der Waals surface area contributed by atoms with E-state index in [0.29, 0.717) is 0 Å². The third kappa shape index (κ3) is 6.67. The van der Waals surface area contributed by atoms with Crippen LogP contribution in [0.4, 0.5) is 34.1 Å². The van der Waals surface area contributed by atoms with Gasteiger partial charge in [-0.3, -0.25) is 0 Å². The largest absolute Gasteiger partial charge is 0.455 e. The number of fused-ring (bicyclic) bond motifs is 13. The van der Waals surface area contributed by atoms with Gasteiger partial charge in [-0.2, -0.15) is 0 Å². The lowest BCUT2D eigenvalue weighted by Crippen LogP contribution is -2.11. The zero-order chi connectivity index (χ0) is 48.5. The van der Waals surface area contributed by atoms with Crippen molar-refractivity contribution in [3.63, 3.8) is 0 Å². The molecule has 10 aromatic carbocycles. The summed E-state index contributed by atoms with van der Waals surface area (Å²) in [5, 5.41) is 10.8. The van der Waals surface area contributed by atoms with Crippen LogP contribution in [0.3, 0.4) is 0 Å². The maximum atomic E-state index is 7.28. The van der Waals surface area contributed by atoms with Crippen LogP contribution < -0.4 is 9.80 Å². The first kappa shape index (κ1) is 42.8. The van der Waals surface area contributed by atoms with E-state index >= 15 is 0 Å². The maximum Gasteiger partial charge on any atom is 0.159 e. The number of anilines is 6. The molecule has 5 heteroatoms. The van der Waals surface area contributed by atoms with Gasteiger partial charge in [-0.1, -0.05) is 175 Å². The summed E-state index contributed by atoms with van der Waals surface area (Å²) >= 11 is 0. The highest BCUT2D eigenvalue weighted by molar-refractivity contribution is 6.28. The molecule has 0 unspecified atom stereocenters. The molecule has 13 aromatic rings. The number of nitrogens with zero attached hydrogens (tertiary/aromatic N) is 2. The number of benzene rings is 10. The third-order valence-electron chi connectivity index (χ3n) is 14.5. The Morgan fingerprint density at radius 1 is 0.310 bits per heavy atom. The predicted molar refractivity (Wildman–Crippen MR) is 300 cm³/mol. The Bertz CT molecular complexity index is 4300. The van der Waals surface area contributed by atoms with Gasteiger partial charge in [0.05, 0.1) is 22.7 Å². The van der Waals surface area contributed by atoms with Gasteiger partial charge >= 0.3 is 0 Å². The van der Waals surface area contributed by atoms with E-state index in [-0.39, 0.29) is 10.8 Å². The van der Waals surface area contributed by atoms with Gasteiger partial charge in [-0.05, 0) is 83.7 Å². The van der Waals surface area contributed by atoms with Crippen molar-refractivity contribution in [2.75, 3.05) is 9.80 Å². The van der Waals surface area contributed by atoms with Crippen LogP contribution in [-0.2, 0) is 10.8 Å². The van der Waals surface area contributed by atoms with E-state index in [9.17, 15) is 0 Å². The highest BCUT2D eigenvalue weighted by Gasteiger charge is 2.29. The molecule has 0 radical (unpaired) electrons. The van der Waals surface area contributed by atoms with Crippen molar-refractivity contribution in [2.24, 2.45) is 0 Å². The van der Waals surface area contributed by atoms with Crippen LogP contribution >= 0.6 is 0 Å². The number of aryl methyl sites for hydroxylation is 2. The minimum Gasteiger partial charge on any atom is -0.455 e. The maximum absolute atomic E-state index is 7.28. The molecule has 0 aliphatic rings. The summed E-state index contributed by atoms with van der Waals surface area (Å²) in [6.45, 7) is 17.8. The Morgan fingerprint density at radius 3 is 1.20 bits per heavy atom. The smallest absolute Gasteiger partial charge is 0.159 e. The van der Waals surface area contributed by atoms with Crippen LogP contribution in [0.25, 0.3) is 87.4 Å². The first-order valence-electron chi connectivity index (χ1n) is 24.7. The lowest BCUT2D eigenvalue weighted by Gasteiger charge is -2.27. The van der Waals surface area contributed by atoms with Gasteiger partial charge < -0.3 is 23.1 Å². The zero-order valence-corrected chi connectivity index (χ0v) is 41.4. The Balaban J connectivity index is 1.10. The molecule has 3 aromatic heterocycles. The van der Waals surface area contributed by atoms with Crippen LogP contribution in [0.2, 0.25) is 0 Å². The van der Waals surface area contributed by atoms with E-state index in [1.54, 1.807) is 0 Å². The molecular weight excluding hydrogens is 869 g/mol. The average Bonchev–Trinajstić information content (AvgIpc) is 4.06. The van der Waals surface area contributed by atoms with E-state index in [1.807, 2.05) is 0 Å². The van der Waals surface area contributed by atoms with Gasteiger partial charge in [0, 0.05) is 77.0 Å². The summed E-state index contributed by atoms with van der Waals surface area (Å²) in [5.41, 5.74) is 15.7. The Kier molecular flexibility index (Phi) is 9.41. The van der Waals surface area contributed by atoms with E-state index in [1.165, 1.54) is 22.3 Å². The molecule has 0 N–H and O–H groups in total. The molecule has 13 rings (SSSR count). The minimum atomic E-state index is -0.107. The highest BCUT2D eigenvalue weighted by Crippen LogP contribution is 2.52. The Hall–Kier alpha value is -8.28. The molecule has 0 bridgehead atoms. The molecule has 0 fully saturated rings. The first-order chi connectivity index (χ1) is 34.3. The molecule has 3 heterocycles. The topological polar surface area (TPSA) is 45.9 Å². The number of rotatable bonds is 6. The zero-order valence-electron chi connectivity index (χ0n) is 41.4. The van der Waals surface area contributed by atoms with Gasteiger partial charge in [-0.15, -0.1) is 0 Å². The number of furan rings is 3. The standard InChI is InChI=1S/C66H54N2O3/c1-39-19-13-21-41(35-39)67(54-33-17-29-49-47-27-15-31-52(65(3,4)5)61(47)70-63(49)54)56-37-51-59-45-25-11-9-23-43(45)57(38-58(59)69-60(51)46-26-12-10-24-44(46)56)68(42-22-14-20-40(2)36-42)55-34-18-30-50-48-28-16-32-53(66(6,7)8)62(48)71-64(50)55/h9-38H,1-8H3. The van der Waals surface area contributed by atoms with Crippen LogP contribution in [0.5, 0.6) is 0 Å². The van der Waals surface area contributed by atoms with E-state index in [4.69, 9.17) is 13.3 Å². The van der Waals surface area contributed by atoms with Crippen LogP contribution in [0.1, 0.15) is 63.8 Å². The fourth-order valence-corrected chi connectivity index (χ4v) is 11.3. The van der Waals surface area contributed by atoms with E-state index in [2.05, 4.69) is 247 Å². The molecule has 346 valence electrons. The van der Waals surface area contributed by atoms with Gasteiger partial charge in [0.2, 0.25) is 0 Å². The number of hydrogen-bond donors (Lipinski definition) is 0. The van der Waals surface area contributed by atoms with E-state index < -0.39 is 0 Å². The van der Waals surface area contributed by atoms with Crippen LogP contribution in [0, 0.1) is 13.8 Å². The highest BCUT2D eigenvalue weighted by atomic mass is 16.3. The second-order valence-electron chi connectivity index (χ2n) is 21.5. The molecule has 0 saturated carbocycles. The summed E-state index contributed by atoms with van der Waals surface area (Å²) in [7, 11) is 0. The van der Waals surface area contributed by atoms with Crippen molar-refractivity contribution >= 4 is 121 Å². The lowest BCUT2D eigenvalue weighted by atomic mass is 9.86. The van der Waals surface area contributed by atoms with Gasteiger partial charge in [-0.25, -0.2) is 0 Å². The average molecular weight is 923 g/mol. The number of hydrogen-bond acceptors (Lipinski definition) is 5.